The maximum atomic E-state index is 5.87. The van der Waals surface area contributed by atoms with E-state index in [2.05, 4.69) is 0 Å². The SMILES string of the molecule is Cc1c(CN)cc(Cl)cc1CN. The quantitative estimate of drug-likeness (QED) is 0.733. The minimum Gasteiger partial charge on any atom is -0.326 e. The Kier molecular flexibility index (Phi) is 3.09. The molecule has 0 aliphatic heterocycles. The van der Waals surface area contributed by atoms with Gasteiger partial charge in [-0.05, 0) is 35.7 Å². The Labute approximate surface area is 77.5 Å². The van der Waals surface area contributed by atoms with Gasteiger partial charge in [0.05, 0.1) is 0 Å². The molecule has 3 heteroatoms. The number of nitrogens with two attached hydrogens (primary N) is 2. The zero-order valence-electron chi connectivity index (χ0n) is 7.10. The van der Waals surface area contributed by atoms with Gasteiger partial charge in [-0.2, -0.15) is 0 Å². The average molecular weight is 185 g/mol. The fourth-order valence-electron chi connectivity index (χ4n) is 1.22. The number of rotatable bonds is 2. The third kappa shape index (κ3) is 1.78. The van der Waals surface area contributed by atoms with Gasteiger partial charge in [0.2, 0.25) is 0 Å². The van der Waals surface area contributed by atoms with Crippen molar-refractivity contribution in [3.8, 4) is 0 Å². The normalized spacial score (nSPS) is 10.3. The van der Waals surface area contributed by atoms with Crippen LogP contribution in [0.25, 0.3) is 0 Å². The van der Waals surface area contributed by atoms with Gasteiger partial charge in [-0.25, -0.2) is 0 Å². The maximum absolute atomic E-state index is 5.87. The first-order valence-electron chi connectivity index (χ1n) is 3.87. The molecular weight excluding hydrogens is 172 g/mol. The number of benzene rings is 1. The fraction of sp³-hybridized carbons (Fsp3) is 0.333. The van der Waals surface area contributed by atoms with Crippen LogP contribution in [0.3, 0.4) is 0 Å². The molecule has 0 aliphatic carbocycles. The van der Waals surface area contributed by atoms with Crippen molar-refractivity contribution < 1.29 is 0 Å². The smallest absolute Gasteiger partial charge is 0.0412 e. The molecule has 0 saturated carbocycles. The third-order valence-corrected chi connectivity index (χ3v) is 2.25. The summed E-state index contributed by atoms with van der Waals surface area (Å²) >= 11 is 5.87. The Hall–Kier alpha value is -0.570. The number of halogens is 1. The van der Waals surface area contributed by atoms with Gasteiger partial charge >= 0.3 is 0 Å². The molecule has 0 bridgehead atoms. The van der Waals surface area contributed by atoms with E-state index in [4.69, 9.17) is 23.1 Å². The molecule has 1 rings (SSSR count). The number of hydrogen-bond donors (Lipinski definition) is 2. The molecule has 0 unspecified atom stereocenters. The summed E-state index contributed by atoms with van der Waals surface area (Å²) in [6.07, 6.45) is 0. The highest BCUT2D eigenvalue weighted by Crippen LogP contribution is 2.19. The Morgan fingerprint density at radius 2 is 1.58 bits per heavy atom. The molecule has 0 radical (unpaired) electrons. The van der Waals surface area contributed by atoms with E-state index in [1.54, 1.807) is 0 Å². The molecule has 0 aromatic heterocycles. The third-order valence-electron chi connectivity index (χ3n) is 2.03. The van der Waals surface area contributed by atoms with Crippen molar-refractivity contribution in [1.29, 1.82) is 0 Å². The van der Waals surface area contributed by atoms with E-state index in [1.807, 2.05) is 19.1 Å². The van der Waals surface area contributed by atoms with Crippen LogP contribution < -0.4 is 11.5 Å². The molecule has 0 spiro atoms. The van der Waals surface area contributed by atoms with Gasteiger partial charge in [0.15, 0.2) is 0 Å². The molecule has 0 aliphatic rings. The van der Waals surface area contributed by atoms with Crippen molar-refractivity contribution in [2.45, 2.75) is 20.0 Å². The lowest BCUT2D eigenvalue weighted by molar-refractivity contribution is 0.995. The topological polar surface area (TPSA) is 52.0 Å². The zero-order valence-corrected chi connectivity index (χ0v) is 7.86. The Morgan fingerprint density at radius 1 is 1.17 bits per heavy atom. The van der Waals surface area contributed by atoms with Crippen LogP contribution in [0.2, 0.25) is 5.02 Å². The molecule has 0 heterocycles. The van der Waals surface area contributed by atoms with E-state index in [-0.39, 0.29) is 0 Å². The molecule has 66 valence electrons. The largest absolute Gasteiger partial charge is 0.326 e. The predicted molar refractivity (Wildman–Crippen MR) is 52.0 cm³/mol. The van der Waals surface area contributed by atoms with Crippen LogP contribution in [0.1, 0.15) is 16.7 Å². The van der Waals surface area contributed by atoms with E-state index in [9.17, 15) is 0 Å². The Balaban J connectivity index is 3.22. The van der Waals surface area contributed by atoms with E-state index < -0.39 is 0 Å². The molecule has 12 heavy (non-hydrogen) atoms. The fourth-order valence-corrected chi connectivity index (χ4v) is 1.48. The van der Waals surface area contributed by atoms with Gasteiger partial charge in [0.25, 0.3) is 0 Å². The maximum Gasteiger partial charge on any atom is 0.0412 e. The standard InChI is InChI=1S/C9H13ClN2/c1-6-7(4-11)2-9(10)3-8(6)5-12/h2-3H,4-5,11-12H2,1H3. The second kappa shape index (κ2) is 3.90. The molecule has 0 amide bonds. The van der Waals surface area contributed by atoms with Crippen molar-refractivity contribution in [2.24, 2.45) is 11.5 Å². The van der Waals surface area contributed by atoms with Crippen molar-refractivity contribution in [2.75, 3.05) is 0 Å². The van der Waals surface area contributed by atoms with Crippen LogP contribution in [0, 0.1) is 6.92 Å². The lowest BCUT2D eigenvalue weighted by atomic mass is 10.0. The van der Waals surface area contributed by atoms with Crippen LogP contribution in [0.15, 0.2) is 12.1 Å². The summed E-state index contributed by atoms with van der Waals surface area (Å²) in [5.41, 5.74) is 14.4. The molecular formula is C9H13ClN2. The van der Waals surface area contributed by atoms with Gasteiger partial charge in [-0.1, -0.05) is 11.6 Å². The summed E-state index contributed by atoms with van der Waals surface area (Å²) in [6.45, 7) is 3.04. The van der Waals surface area contributed by atoms with Crippen molar-refractivity contribution >= 4 is 11.6 Å². The van der Waals surface area contributed by atoms with Crippen LogP contribution in [0.5, 0.6) is 0 Å². The molecule has 0 saturated heterocycles. The molecule has 4 N–H and O–H groups in total. The average Bonchev–Trinajstić information content (AvgIpc) is 2.08. The molecule has 1 aromatic carbocycles. The predicted octanol–water partition coefficient (Wildman–Crippen LogP) is 1.57. The highest BCUT2D eigenvalue weighted by molar-refractivity contribution is 6.30. The van der Waals surface area contributed by atoms with E-state index in [0.29, 0.717) is 18.1 Å². The highest BCUT2D eigenvalue weighted by Gasteiger charge is 2.03. The minimum atomic E-state index is 0.513. The summed E-state index contributed by atoms with van der Waals surface area (Å²) in [7, 11) is 0. The van der Waals surface area contributed by atoms with Crippen LogP contribution in [-0.2, 0) is 13.1 Å². The molecule has 0 fully saturated rings. The van der Waals surface area contributed by atoms with Gasteiger partial charge in [-0.3, -0.25) is 0 Å². The summed E-state index contributed by atoms with van der Waals surface area (Å²) in [5.74, 6) is 0. The first-order chi connectivity index (χ1) is 5.69. The second-order valence-electron chi connectivity index (χ2n) is 2.76. The van der Waals surface area contributed by atoms with E-state index >= 15 is 0 Å². The highest BCUT2D eigenvalue weighted by atomic mass is 35.5. The summed E-state index contributed by atoms with van der Waals surface area (Å²) in [6, 6.07) is 3.77. The summed E-state index contributed by atoms with van der Waals surface area (Å²) < 4.78 is 0. The van der Waals surface area contributed by atoms with E-state index in [1.165, 1.54) is 0 Å². The first-order valence-corrected chi connectivity index (χ1v) is 4.25. The molecule has 2 nitrogen and oxygen atoms in total. The first kappa shape index (κ1) is 9.52. The van der Waals surface area contributed by atoms with Gasteiger partial charge < -0.3 is 11.5 Å². The number of hydrogen-bond acceptors (Lipinski definition) is 2. The van der Waals surface area contributed by atoms with Gasteiger partial charge in [0.1, 0.15) is 0 Å². The van der Waals surface area contributed by atoms with E-state index in [0.717, 1.165) is 16.7 Å². The van der Waals surface area contributed by atoms with Gasteiger partial charge in [0, 0.05) is 18.1 Å². The zero-order chi connectivity index (χ0) is 9.14. The van der Waals surface area contributed by atoms with Crippen LogP contribution in [0.4, 0.5) is 0 Å². The second-order valence-corrected chi connectivity index (χ2v) is 3.19. The lowest BCUT2D eigenvalue weighted by Gasteiger charge is -2.08. The minimum absolute atomic E-state index is 0.513. The van der Waals surface area contributed by atoms with Crippen LogP contribution >= 0.6 is 11.6 Å². The van der Waals surface area contributed by atoms with Crippen molar-refractivity contribution in [3.63, 3.8) is 0 Å². The lowest BCUT2D eigenvalue weighted by Crippen LogP contribution is -2.05. The van der Waals surface area contributed by atoms with Crippen molar-refractivity contribution in [1.82, 2.24) is 0 Å². The van der Waals surface area contributed by atoms with Gasteiger partial charge in [-0.15, -0.1) is 0 Å². The summed E-state index contributed by atoms with van der Waals surface area (Å²) in [5, 5.41) is 0.710. The molecule has 1 aromatic rings. The Bertz CT molecular complexity index is 259. The molecule has 0 atom stereocenters. The van der Waals surface area contributed by atoms with Crippen molar-refractivity contribution in [3.05, 3.63) is 33.8 Å². The van der Waals surface area contributed by atoms with Crippen LogP contribution in [-0.4, -0.2) is 0 Å². The monoisotopic (exact) mass is 184 g/mol. The summed E-state index contributed by atoms with van der Waals surface area (Å²) in [4.78, 5) is 0. The Morgan fingerprint density at radius 3 is 1.92 bits per heavy atom.